The number of rotatable bonds is 32. The van der Waals surface area contributed by atoms with Crippen LogP contribution in [0.4, 0.5) is 0 Å². The predicted molar refractivity (Wildman–Crippen MR) is 518 cm³/mol. The van der Waals surface area contributed by atoms with Crippen LogP contribution in [-0.4, -0.2) is 187 Å². The first-order valence-electron chi connectivity index (χ1n) is 38.9. The van der Waals surface area contributed by atoms with Gasteiger partial charge in [0.2, 0.25) is 5.91 Å². The molecule has 678 valence electrons. The van der Waals surface area contributed by atoms with Crippen molar-refractivity contribution >= 4 is 141 Å². The molecule has 0 radical (unpaired) electrons. The molecular weight excluding hydrogens is 1700 g/mol. The molecule has 0 aliphatic carbocycles. The maximum absolute atomic E-state index is 12.8. The molecule has 5 aromatic heterocycles. The van der Waals surface area contributed by atoms with Crippen LogP contribution in [0.1, 0.15) is 251 Å². The number of hydroxylamine groups is 6. The van der Waals surface area contributed by atoms with E-state index >= 15 is 0 Å². The van der Waals surface area contributed by atoms with Gasteiger partial charge in [-0.2, -0.15) is 54.0 Å². The van der Waals surface area contributed by atoms with Gasteiger partial charge in [0.25, 0.3) is 23.6 Å². The molecule has 5 amide bonds. The Morgan fingerprint density at radius 3 is 1.40 bits per heavy atom. The summed E-state index contributed by atoms with van der Waals surface area (Å²) in [7, 11) is 8.85. The SMILES string of the molecule is C.C.C=CCCCCBr.C=CCCCCCc1cccnc1C(=O)C[C@@H](CC=C)C(=O)N(C)OC.C=CCCCCCc1cccnc1C(=O)O.C=CC[C@H](N)C(=O)N(C)OC.CON(C)C(=O)[C@@H]1C/C=C/CCCCCc2cccnc2C(=O)N1.Cc1cccnc1C(=O)O.O=C[C@@H]1C/C=C/CCCCCc2cccnc2C(=O)N1.S.S.S.S.[AlH3].[H-].[Li+]. The Bertz CT molecular complexity index is 3830. The Morgan fingerprint density at radius 2 is 0.967 bits per heavy atom. The largest absolute Gasteiger partial charge is 1.00 e. The van der Waals surface area contributed by atoms with Crippen LogP contribution in [0.2, 0.25) is 0 Å². The second-order valence-corrected chi connectivity index (χ2v) is 27.3. The average molecular weight is 1850 g/mol. The molecule has 4 atom stereocenters. The topological polar surface area (TPSA) is 346 Å². The molecule has 0 spiro atoms. The van der Waals surface area contributed by atoms with Crippen LogP contribution in [0.15, 0.2) is 179 Å². The molecule has 5 aromatic rings. The van der Waals surface area contributed by atoms with Crippen LogP contribution in [-0.2, 0) is 59.4 Å². The summed E-state index contributed by atoms with van der Waals surface area (Å²) in [5.74, 6) is -3.87. The van der Waals surface area contributed by atoms with E-state index in [0.29, 0.717) is 48.3 Å². The molecule has 2 aliphatic rings. The van der Waals surface area contributed by atoms with Gasteiger partial charge in [-0.05, 0) is 213 Å². The molecule has 0 aromatic carbocycles. The van der Waals surface area contributed by atoms with Crippen molar-refractivity contribution < 1.29 is 88.2 Å². The number of nitrogens with zero attached hydrogens (tertiary/aromatic N) is 8. The van der Waals surface area contributed by atoms with Gasteiger partial charge in [0.15, 0.2) is 34.5 Å². The summed E-state index contributed by atoms with van der Waals surface area (Å²) in [6.45, 7) is 19.9. The fourth-order valence-electron chi connectivity index (χ4n) is 11.2. The Morgan fingerprint density at radius 1 is 0.549 bits per heavy atom. The normalized spacial score (nSPS) is 13.9. The van der Waals surface area contributed by atoms with Gasteiger partial charge in [0.1, 0.15) is 29.4 Å². The summed E-state index contributed by atoms with van der Waals surface area (Å²) in [6, 6.07) is 16.7. The van der Waals surface area contributed by atoms with Gasteiger partial charge in [0.05, 0.1) is 39.3 Å². The number of carboxylic acid groups (broad SMARTS) is 2. The first kappa shape index (κ1) is 130. The summed E-state index contributed by atoms with van der Waals surface area (Å²) in [4.78, 5) is 141. The van der Waals surface area contributed by atoms with Crippen LogP contribution in [0.25, 0.3) is 0 Å². The number of Topliss-reactive ketones (excluding diaryl/α,β-unsaturated/α-hetero) is 1. The maximum Gasteiger partial charge on any atom is 1.00 e. The number of fused-ring (bicyclic) bond motifs is 2. The van der Waals surface area contributed by atoms with Crippen LogP contribution >= 0.6 is 69.9 Å². The number of nitrogens with one attached hydrogen (secondary N) is 2. The number of aldehydes is 1. The van der Waals surface area contributed by atoms with Gasteiger partial charge in [-0.15, -0.1) is 32.9 Å². The molecule has 7 heterocycles. The number of nitrogens with two attached hydrogens (primary N) is 1. The summed E-state index contributed by atoms with van der Waals surface area (Å²) >= 11 is 3.35. The number of hydrogen-bond donors (Lipinski definition) is 5. The molecule has 32 heteroatoms. The number of allylic oxidation sites excluding steroid dienone is 6. The van der Waals surface area contributed by atoms with Gasteiger partial charge >= 0.3 is 30.8 Å². The first-order valence-corrected chi connectivity index (χ1v) is 40.0. The number of ketones is 1. The minimum Gasteiger partial charge on any atom is -1.00 e. The van der Waals surface area contributed by atoms with Crippen molar-refractivity contribution in [2.24, 2.45) is 11.7 Å². The number of carbonyl (C=O) groups is 9. The molecule has 7 rings (SSSR count). The number of aromatic nitrogens is 5. The minimum atomic E-state index is -0.974. The average Bonchev–Trinajstić information content (AvgIpc) is 1.42. The smallest absolute Gasteiger partial charge is 1.00 e. The third kappa shape index (κ3) is 56.3. The third-order valence-electron chi connectivity index (χ3n) is 17.7. The van der Waals surface area contributed by atoms with Crippen LogP contribution < -0.4 is 35.2 Å². The number of hydrogen-bond acceptors (Lipinski definition) is 18. The minimum absolute atomic E-state index is 0. The molecular formula is C90H144AlBrLiN11O14S4. The second kappa shape index (κ2) is 83.0. The summed E-state index contributed by atoms with van der Waals surface area (Å²) in [6.07, 6.45) is 51.7. The summed E-state index contributed by atoms with van der Waals surface area (Å²) in [5, 5.41) is 27.5. The van der Waals surface area contributed by atoms with Crippen molar-refractivity contribution in [1.82, 2.24) is 50.7 Å². The number of aromatic carboxylic acids is 2. The Kier molecular flexibility index (Phi) is 88.4. The number of halogens is 1. The molecule has 0 fully saturated rings. The van der Waals surface area contributed by atoms with E-state index in [1.165, 1.54) is 60.7 Å². The number of aryl methyl sites for hydroxylation is 5. The predicted octanol–water partition coefficient (Wildman–Crippen LogP) is 13.3. The maximum atomic E-state index is 12.8. The number of pyridine rings is 5. The molecule has 25 nitrogen and oxygen atoms in total. The molecule has 0 unspecified atom stereocenters. The first-order chi connectivity index (χ1) is 55.0. The zero-order valence-electron chi connectivity index (χ0n) is 72.1. The fourth-order valence-corrected chi connectivity index (χ4v) is 11.6. The van der Waals surface area contributed by atoms with Gasteiger partial charge in [-0.25, -0.2) is 34.7 Å². The molecule has 0 bridgehead atoms. The number of unbranched alkanes of at least 4 members (excludes halogenated alkanes) is 8. The van der Waals surface area contributed by atoms with Crippen LogP contribution in [0.5, 0.6) is 0 Å². The van der Waals surface area contributed by atoms with Crippen LogP contribution in [0, 0.1) is 12.8 Å². The van der Waals surface area contributed by atoms with Crippen molar-refractivity contribution in [2.75, 3.05) is 47.8 Å². The van der Waals surface area contributed by atoms with E-state index in [9.17, 15) is 43.2 Å². The monoisotopic (exact) mass is 1840 g/mol. The standard InChI is InChI=1S/C21H30N2O3.C18H25N3O3.C16H20N2O2.C13H17NO2.C7H14N2O2.C7H7NO2.C6H11Br.2CH4.Al.Li.4H2S.4H/c1-5-7-8-9-10-13-17-14-11-15-22-20(17)19(24)16-18(12-6-2)21(25)23(3)26-4;1-21(24-2)18(23)15-12-8-6-4-3-5-7-10-14-11-9-13-19-16(14)17(22)20-15;19-12-14-10-6-4-2-1-3-5-8-13-9-7-11-17-15(13)16(20)18-14;1-2-3-4-5-6-8-11-9-7-10-14-12(11)13(15)16;1-4-5-6(8)7(10)9(2)11-3;1-5-3-2-4-8-6(5)7(9)10;1-2-3-4-5-6-7;;;;;;;;;;;;/h5-6,11,14-15,18H,1-2,7-10,12-13,16H2,3-4H3;6,8-9,11,13,15H,3-5,7,10,12H2,1-2H3,(H,20,22);4,6-7,9,11-12,14H,1-3,5,8,10H2,(H,18,20);2,7,9-10H,1,3-6,8H2,(H,15,16);4,6H,1,5,8H2,2-3H3;2-4H,1H3,(H,9,10);2H,1,3-6H2;2*1H4;;;4*1H2;;;;/q;;;;;;;;;;+1;;;;;;;;-1/b;8-6+;6-4+;;;;;;;;;;;;;;;;/t18-;15-;14-;;6-;;;;;;;;;;;;;;/m100.0............../s1. The summed E-state index contributed by atoms with van der Waals surface area (Å²) in [5.41, 5.74) is 11.4. The number of amides is 5. The number of carbonyl (C=O) groups excluding carboxylic acids is 7. The summed E-state index contributed by atoms with van der Waals surface area (Å²) < 4.78 is 0. The number of likely N-dealkylation sites (N-methyl/N-ethyl adjacent to an activating group) is 2. The van der Waals surface area contributed by atoms with E-state index in [2.05, 4.69) is 101 Å². The van der Waals surface area contributed by atoms with Crippen molar-refractivity contribution in [3.05, 3.63) is 236 Å². The number of carboxylic acids is 2. The zero-order valence-corrected chi connectivity index (χ0v) is 76.7. The van der Waals surface area contributed by atoms with Gasteiger partial charge in [-0.3, -0.25) is 58.2 Å². The van der Waals surface area contributed by atoms with E-state index in [0.717, 1.165) is 184 Å². The molecule has 0 saturated carbocycles. The quantitative estimate of drug-likeness (QED) is 0.00508. The molecule has 6 N–H and O–H groups in total. The van der Waals surface area contributed by atoms with Crippen molar-refractivity contribution in [2.45, 2.75) is 220 Å². The van der Waals surface area contributed by atoms with Crippen molar-refractivity contribution in [1.29, 1.82) is 0 Å². The van der Waals surface area contributed by atoms with Gasteiger partial charge in [0, 0.05) is 63.9 Å². The number of alkyl halides is 1. The fraction of sp³-hybridized carbons (Fsp3) is 0.467. The van der Waals surface area contributed by atoms with Crippen molar-refractivity contribution in [3.8, 4) is 0 Å². The van der Waals surface area contributed by atoms with Gasteiger partial charge in [-0.1, -0.05) is 141 Å². The second-order valence-electron chi connectivity index (χ2n) is 26.5. The Labute approximate surface area is 788 Å². The van der Waals surface area contributed by atoms with Gasteiger partial charge < -0.3 is 32.8 Å². The van der Waals surface area contributed by atoms with Crippen LogP contribution in [0.3, 0.4) is 0 Å². The van der Waals surface area contributed by atoms with E-state index < -0.39 is 36.0 Å². The Hall–Kier alpha value is -7.59. The van der Waals surface area contributed by atoms with Crippen molar-refractivity contribution in [3.63, 3.8) is 0 Å². The molecule has 0 saturated heterocycles. The zero-order chi connectivity index (χ0) is 84.7. The Balaban J connectivity index is -0.000000180. The molecule has 2 aliphatic heterocycles. The third-order valence-corrected chi connectivity index (χ3v) is 18.3. The van der Waals surface area contributed by atoms with E-state index in [-0.39, 0.29) is 160 Å². The van der Waals surface area contributed by atoms with E-state index in [1.54, 1.807) is 62.9 Å². The van der Waals surface area contributed by atoms with E-state index in [1.807, 2.05) is 72.8 Å². The molecule has 122 heavy (non-hydrogen) atoms. The van der Waals surface area contributed by atoms with E-state index in [4.69, 9.17) is 25.6 Å².